The van der Waals surface area contributed by atoms with Gasteiger partial charge in [0.05, 0.1) is 45.8 Å². The number of carbonyl (C=O) groups excluding carboxylic acids is 7. The van der Waals surface area contributed by atoms with Crippen LogP contribution in [0, 0.1) is 0 Å². The number of carboxylic acid groups (broad SMARTS) is 1. The maximum absolute atomic E-state index is 14.3. The van der Waals surface area contributed by atoms with Crippen molar-refractivity contribution >= 4 is 47.7 Å². The van der Waals surface area contributed by atoms with Gasteiger partial charge in [-0.25, -0.2) is 4.79 Å². The Labute approximate surface area is 484 Å². The van der Waals surface area contributed by atoms with Crippen molar-refractivity contribution in [3.63, 3.8) is 0 Å². The lowest BCUT2D eigenvalue weighted by Gasteiger charge is -2.35. The zero-order valence-electron chi connectivity index (χ0n) is 52.8. The van der Waals surface area contributed by atoms with Crippen LogP contribution in [0.25, 0.3) is 0 Å². The van der Waals surface area contributed by atoms with Gasteiger partial charge in [-0.15, -0.1) is 0 Å². The number of nitrogens with zero attached hydrogens (tertiary/aromatic N) is 8. The van der Waals surface area contributed by atoms with Gasteiger partial charge in [0.15, 0.2) is 0 Å². The van der Waals surface area contributed by atoms with Crippen molar-refractivity contribution in [1.82, 2.24) is 44.5 Å². The Bertz CT molecular complexity index is 1940. The van der Waals surface area contributed by atoms with Gasteiger partial charge in [0.2, 0.25) is 5.91 Å². The summed E-state index contributed by atoms with van der Waals surface area (Å²) in [5.74, 6) is -4.51. The largest absolute Gasteiger partial charge is 0.480 e. The van der Waals surface area contributed by atoms with Gasteiger partial charge in [-0.3, -0.25) is 72.8 Å². The van der Waals surface area contributed by atoms with E-state index in [1.54, 1.807) is 125 Å². The number of esters is 6. The molecule has 1 amide bonds. The highest BCUT2D eigenvalue weighted by Gasteiger charge is 2.31. The molecule has 0 unspecified atom stereocenters. The van der Waals surface area contributed by atoms with Crippen LogP contribution in [0.3, 0.4) is 0 Å². The third-order valence-corrected chi connectivity index (χ3v) is 11.9. The topological polar surface area (TPSA) is 250 Å². The molecule has 0 radical (unpaired) electrons. The molecular weight excluding hydrogens is 1050 g/mol. The molecule has 0 aromatic carbocycles. The first-order chi connectivity index (χ1) is 37.0. The van der Waals surface area contributed by atoms with Gasteiger partial charge < -0.3 is 38.8 Å². The van der Waals surface area contributed by atoms with Gasteiger partial charge in [0.25, 0.3) is 0 Å². The quantitative estimate of drug-likeness (QED) is 0.147. The Morgan fingerprint density at radius 1 is 0.309 bits per heavy atom. The maximum atomic E-state index is 14.3. The number of nitrogens with one attached hydrogen (secondary N) is 1. The van der Waals surface area contributed by atoms with Crippen LogP contribution in [0.2, 0.25) is 0 Å². The lowest BCUT2D eigenvalue weighted by Crippen LogP contribution is -2.55. The second kappa shape index (κ2) is 32.5. The van der Waals surface area contributed by atoms with Crippen LogP contribution in [-0.2, 0) is 66.8 Å². The van der Waals surface area contributed by atoms with Crippen molar-refractivity contribution in [3.8, 4) is 0 Å². The number of rotatable bonds is 18. The number of hydrogen-bond donors (Lipinski definition) is 2. The molecule has 2 N–H and O–H groups in total. The summed E-state index contributed by atoms with van der Waals surface area (Å²) < 4.78 is 34.1. The molecule has 1 atom stereocenters. The molecule has 81 heavy (non-hydrogen) atoms. The van der Waals surface area contributed by atoms with E-state index in [0.29, 0.717) is 52.4 Å². The summed E-state index contributed by atoms with van der Waals surface area (Å²) in [5, 5.41) is 13.5. The summed E-state index contributed by atoms with van der Waals surface area (Å²) in [7, 11) is 0. The fourth-order valence-corrected chi connectivity index (χ4v) is 8.67. The summed E-state index contributed by atoms with van der Waals surface area (Å²) in [4.78, 5) is 122. The average molecular weight is 1160 g/mol. The van der Waals surface area contributed by atoms with E-state index >= 15 is 0 Å². The van der Waals surface area contributed by atoms with Crippen molar-refractivity contribution < 1.29 is 71.9 Å². The highest BCUT2D eigenvalue weighted by atomic mass is 16.6. The molecule has 0 spiro atoms. The molecule has 2 aliphatic heterocycles. The number of aliphatic carboxylic acids is 1. The summed E-state index contributed by atoms with van der Waals surface area (Å²) >= 11 is 0. The zero-order valence-corrected chi connectivity index (χ0v) is 52.8. The first kappa shape index (κ1) is 72.5. The van der Waals surface area contributed by atoms with E-state index in [0.717, 1.165) is 0 Å². The molecule has 468 valence electrons. The molecule has 0 saturated carbocycles. The van der Waals surface area contributed by atoms with Crippen LogP contribution >= 0.6 is 0 Å². The minimum absolute atomic E-state index is 0.0307. The van der Waals surface area contributed by atoms with Crippen molar-refractivity contribution in [2.24, 2.45) is 0 Å². The molecule has 2 saturated heterocycles. The van der Waals surface area contributed by atoms with Crippen LogP contribution in [0.4, 0.5) is 0 Å². The number of carbonyl (C=O) groups is 8. The first-order valence-corrected chi connectivity index (χ1v) is 28.6. The van der Waals surface area contributed by atoms with Gasteiger partial charge in [-0.05, 0) is 125 Å². The third-order valence-electron chi connectivity index (χ3n) is 11.9. The average Bonchev–Trinajstić information content (AvgIpc) is 3.23. The fourth-order valence-electron chi connectivity index (χ4n) is 8.67. The summed E-state index contributed by atoms with van der Waals surface area (Å²) in [6, 6.07) is -1.40. The van der Waals surface area contributed by atoms with Gasteiger partial charge in [-0.2, -0.15) is 0 Å². The normalized spacial score (nSPS) is 18.8. The second-order valence-corrected chi connectivity index (χ2v) is 27.2. The van der Waals surface area contributed by atoms with E-state index in [1.807, 2.05) is 39.2 Å². The van der Waals surface area contributed by atoms with E-state index in [-0.39, 0.29) is 105 Å². The predicted octanol–water partition coefficient (Wildman–Crippen LogP) is 2.05. The Morgan fingerprint density at radius 2 is 0.469 bits per heavy atom. The summed E-state index contributed by atoms with van der Waals surface area (Å²) in [6.45, 7) is 36.2. The number of amides is 1. The monoisotopic (exact) mass is 1160 g/mol. The smallest absolute Gasteiger partial charge is 0.327 e. The van der Waals surface area contributed by atoms with Gasteiger partial charge in [0.1, 0.15) is 39.6 Å². The molecular formula is C57H105N9O15. The molecule has 0 aromatic heterocycles. The minimum atomic E-state index is -1.40. The lowest BCUT2D eigenvalue weighted by molar-refractivity contribution is -0.158. The summed E-state index contributed by atoms with van der Waals surface area (Å²) in [6.07, 6.45) is 0. The second-order valence-electron chi connectivity index (χ2n) is 27.2. The highest BCUT2D eigenvalue weighted by molar-refractivity contribution is 5.85. The van der Waals surface area contributed by atoms with Gasteiger partial charge in [-0.1, -0.05) is 0 Å². The molecule has 2 rings (SSSR count). The van der Waals surface area contributed by atoms with Crippen molar-refractivity contribution in [2.75, 3.05) is 157 Å². The lowest BCUT2D eigenvalue weighted by atomic mass is 10.2. The fraction of sp³-hybridized carbons (Fsp3) is 0.860. The number of hydrogen-bond acceptors (Lipinski definition) is 22. The van der Waals surface area contributed by atoms with E-state index < -0.39 is 87.3 Å². The zero-order chi connectivity index (χ0) is 61.7. The number of ether oxygens (including phenoxy) is 6. The molecule has 0 aliphatic carbocycles. The molecule has 2 fully saturated rings. The van der Waals surface area contributed by atoms with E-state index in [2.05, 4.69) is 5.32 Å². The van der Waals surface area contributed by atoms with Crippen LogP contribution in [-0.4, -0.2) is 289 Å². The van der Waals surface area contributed by atoms with Crippen LogP contribution in [0.5, 0.6) is 0 Å². The van der Waals surface area contributed by atoms with E-state index in [1.165, 1.54) is 0 Å². The summed E-state index contributed by atoms with van der Waals surface area (Å²) in [5.41, 5.74) is -4.43. The van der Waals surface area contributed by atoms with Crippen LogP contribution in [0.1, 0.15) is 125 Å². The van der Waals surface area contributed by atoms with Gasteiger partial charge in [0, 0.05) is 111 Å². The Hall–Kier alpha value is -4.56. The minimum Gasteiger partial charge on any atom is -0.480 e. The molecule has 24 heteroatoms. The third kappa shape index (κ3) is 36.6. The van der Waals surface area contributed by atoms with Crippen LogP contribution < -0.4 is 5.32 Å². The standard InChI is InChI=1S/C57H105N9O15/c1-52(2,3)76-45(68)37-61-23-19-59(20-24-62(38-46(69)77-53(4,5)6)28-32-65(31-27-61)41-49(72)80-56(13,14)15)35-43(51(74)75)58-44(67)36-60-21-25-63(39-47(70)78-54(7,8)9)29-33-66(42-50(73)81-57(16,17)18)34-30-64(26-22-60)40-48(71)79-55(10,11)12/h43H,19-42H2,1-18H3,(H,58,67)(H,74,75)/t43-/m1/s1. The SMILES string of the molecule is CC(C)(C)OC(=O)CN1CCN(CC(=O)N[C@H](CN2CCN(CC(=O)OC(C)(C)C)CCN(CC(=O)OC(C)(C)C)CCN(CC(=O)OC(C)(C)C)CC2)C(=O)O)CCN(CC(=O)OC(C)(C)C)CCN(CC(=O)OC(C)(C)C)CC1. The predicted molar refractivity (Wildman–Crippen MR) is 306 cm³/mol. The first-order valence-electron chi connectivity index (χ1n) is 28.6. The van der Waals surface area contributed by atoms with E-state index in [4.69, 9.17) is 28.4 Å². The van der Waals surface area contributed by atoms with Gasteiger partial charge >= 0.3 is 41.8 Å². The highest BCUT2D eigenvalue weighted by Crippen LogP contribution is 2.15. The molecule has 24 nitrogen and oxygen atoms in total. The molecule has 2 aliphatic rings. The number of carboxylic acids is 1. The molecule has 0 bridgehead atoms. The van der Waals surface area contributed by atoms with E-state index in [9.17, 15) is 43.5 Å². The van der Waals surface area contributed by atoms with Crippen molar-refractivity contribution in [2.45, 2.75) is 164 Å². The van der Waals surface area contributed by atoms with Crippen LogP contribution in [0.15, 0.2) is 0 Å². The Balaban J connectivity index is 2.53. The maximum Gasteiger partial charge on any atom is 0.327 e. The van der Waals surface area contributed by atoms with Crippen molar-refractivity contribution in [1.29, 1.82) is 0 Å². The molecule has 0 aromatic rings. The van der Waals surface area contributed by atoms with Crippen molar-refractivity contribution in [3.05, 3.63) is 0 Å². The Kier molecular flexibility index (Phi) is 29.1. The Morgan fingerprint density at radius 3 is 0.630 bits per heavy atom. The molecule has 2 heterocycles.